The average molecular weight is 446 g/mol. The SMILES string of the molecule is Cc1ccc(C(=O)N2CCC(CN(CCN3CCCCC3)C3CCOCC3)CC2)cc1F. The Kier molecular flexibility index (Phi) is 8.55. The van der Waals surface area contributed by atoms with Gasteiger partial charge >= 0.3 is 0 Å². The van der Waals surface area contributed by atoms with Crippen molar-refractivity contribution in [1.82, 2.24) is 14.7 Å². The molecule has 0 saturated carbocycles. The van der Waals surface area contributed by atoms with Crippen LogP contribution in [0, 0.1) is 18.7 Å². The van der Waals surface area contributed by atoms with Crippen molar-refractivity contribution in [2.24, 2.45) is 5.92 Å². The zero-order valence-corrected chi connectivity index (χ0v) is 19.7. The maximum absolute atomic E-state index is 13.9. The molecule has 3 heterocycles. The highest BCUT2D eigenvalue weighted by Crippen LogP contribution is 2.24. The second-order valence-corrected chi connectivity index (χ2v) is 9.94. The summed E-state index contributed by atoms with van der Waals surface area (Å²) in [7, 11) is 0. The number of likely N-dealkylation sites (tertiary alicyclic amines) is 2. The van der Waals surface area contributed by atoms with Gasteiger partial charge in [-0.15, -0.1) is 0 Å². The Morgan fingerprint density at radius 3 is 2.47 bits per heavy atom. The van der Waals surface area contributed by atoms with E-state index in [1.807, 2.05) is 4.90 Å². The first-order valence-corrected chi connectivity index (χ1v) is 12.7. The van der Waals surface area contributed by atoms with Crippen LogP contribution in [0.4, 0.5) is 4.39 Å². The molecule has 0 atom stereocenters. The summed E-state index contributed by atoms with van der Waals surface area (Å²) in [5, 5.41) is 0. The largest absolute Gasteiger partial charge is 0.381 e. The minimum Gasteiger partial charge on any atom is -0.381 e. The van der Waals surface area contributed by atoms with Crippen molar-refractivity contribution < 1.29 is 13.9 Å². The van der Waals surface area contributed by atoms with Crippen molar-refractivity contribution in [3.8, 4) is 0 Å². The smallest absolute Gasteiger partial charge is 0.253 e. The number of amides is 1. The third kappa shape index (κ3) is 6.30. The molecule has 1 aromatic rings. The Balaban J connectivity index is 1.29. The summed E-state index contributed by atoms with van der Waals surface area (Å²) < 4.78 is 19.5. The third-order valence-corrected chi connectivity index (χ3v) is 7.67. The van der Waals surface area contributed by atoms with Gasteiger partial charge in [-0.1, -0.05) is 12.5 Å². The Morgan fingerprint density at radius 1 is 1.06 bits per heavy atom. The van der Waals surface area contributed by atoms with E-state index in [9.17, 15) is 9.18 Å². The normalized spacial score (nSPS) is 21.9. The van der Waals surface area contributed by atoms with Gasteiger partial charge in [0.15, 0.2) is 0 Å². The standard InChI is InChI=1S/C26H40FN3O2/c1-21-5-6-23(19-25(21)27)26(31)29-13-7-22(8-14-29)20-30(24-9-17-32-18-10-24)16-15-28-11-3-2-4-12-28/h5-6,19,22,24H,2-4,7-18,20H2,1H3. The molecule has 0 spiro atoms. The summed E-state index contributed by atoms with van der Waals surface area (Å²) >= 11 is 0. The second kappa shape index (κ2) is 11.6. The Hall–Kier alpha value is -1.50. The molecule has 0 unspecified atom stereocenters. The van der Waals surface area contributed by atoms with E-state index in [2.05, 4.69) is 9.80 Å². The zero-order valence-electron chi connectivity index (χ0n) is 19.7. The lowest BCUT2D eigenvalue weighted by Crippen LogP contribution is -2.48. The van der Waals surface area contributed by atoms with Crippen LogP contribution in [-0.4, -0.2) is 85.7 Å². The minimum atomic E-state index is -0.299. The molecule has 0 N–H and O–H groups in total. The fourth-order valence-electron chi connectivity index (χ4n) is 5.48. The zero-order chi connectivity index (χ0) is 22.3. The van der Waals surface area contributed by atoms with Crippen molar-refractivity contribution >= 4 is 5.91 Å². The lowest BCUT2D eigenvalue weighted by atomic mass is 9.94. The van der Waals surface area contributed by atoms with E-state index in [1.54, 1.807) is 19.1 Å². The number of nitrogens with zero attached hydrogens (tertiary/aromatic N) is 3. The summed E-state index contributed by atoms with van der Waals surface area (Å²) in [4.78, 5) is 20.1. The van der Waals surface area contributed by atoms with Crippen LogP contribution in [0.1, 0.15) is 60.9 Å². The van der Waals surface area contributed by atoms with Crippen LogP contribution >= 0.6 is 0 Å². The lowest BCUT2D eigenvalue weighted by Gasteiger charge is -2.40. The van der Waals surface area contributed by atoms with Crippen molar-refractivity contribution in [1.29, 1.82) is 0 Å². The highest BCUT2D eigenvalue weighted by Gasteiger charge is 2.29. The van der Waals surface area contributed by atoms with Crippen LogP contribution < -0.4 is 0 Å². The number of carbonyl (C=O) groups excluding carboxylic acids is 1. The van der Waals surface area contributed by atoms with Gasteiger partial charge in [0.1, 0.15) is 5.82 Å². The van der Waals surface area contributed by atoms with Gasteiger partial charge in [-0.25, -0.2) is 4.39 Å². The molecule has 3 aliphatic heterocycles. The summed E-state index contributed by atoms with van der Waals surface area (Å²) in [5.74, 6) is 0.290. The first kappa shape index (κ1) is 23.7. The molecule has 1 aromatic carbocycles. The number of benzene rings is 1. The van der Waals surface area contributed by atoms with Crippen LogP contribution in [0.25, 0.3) is 0 Å². The molecule has 4 rings (SSSR count). The van der Waals surface area contributed by atoms with Crippen LogP contribution in [0.5, 0.6) is 0 Å². The number of ether oxygens (including phenoxy) is 1. The summed E-state index contributed by atoms with van der Waals surface area (Å²) in [5.41, 5.74) is 1.05. The van der Waals surface area contributed by atoms with Gasteiger partial charge in [-0.3, -0.25) is 9.69 Å². The van der Waals surface area contributed by atoms with Crippen LogP contribution in [0.15, 0.2) is 18.2 Å². The highest BCUT2D eigenvalue weighted by atomic mass is 19.1. The number of rotatable bonds is 7. The molecular weight excluding hydrogens is 405 g/mol. The number of hydrogen-bond acceptors (Lipinski definition) is 4. The minimum absolute atomic E-state index is 0.0336. The molecule has 3 fully saturated rings. The van der Waals surface area contributed by atoms with Crippen LogP contribution in [0.3, 0.4) is 0 Å². The van der Waals surface area contributed by atoms with Crippen LogP contribution in [-0.2, 0) is 4.74 Å². The number of piperidine rings is 2. The molecular formula is C26H40FN3O2. The van der Waals surface area contributed by atoms with E-state index < -0.39 is 0 Å². The fourth-order valence-corrected chi connectivity index (χ4v) is 5.48. The molecule has 3 aliphatic rings. The number of halogens is 1. The van der Waals surface area contributed by atoms with E-state index in [4.69, 9.17) is 4.74 Å². The molecule has 6 heteroatoms. The molecule has 0 radical (unpaired) electrons. The summed E-state index contributed by atoms with van der Waals surface area (Å²) in [6, 6.07) is 5.46. The number of carbonyl (C=O) groups is 1. The maximum Gasteiger partial charge on any atom is 0.253 e. The molecule has 0 aromatic heterocycles. The Labute approximate surface area is 192 Å². The summed E-state index contributed by atoms with van der Waals surface area (Å²) in [6.07, 6.45) is 8.40. The van der Waals surface area contributed by atoms with E-state index in [0.717, 1.165) is 65.1 Å². The predicted molar refractivity (Wildman–Crippen MR) is 125 cm³/mol. The second-order valence-electron chi connectivity index (χ2n) is 9.94. The average Bonchev–Trinajstić information content (AvgIpc) is 2.84. The molecule has 3 saturated heterocycles. The molecule has 0 aliphatic carbocycles. The number of aryl methyl sites for hydroxylation is 1. The van der Waals surface area contributed by atoms with Gasteiger partial charge in [0.05, 0.1) is 0 Å². The van der Waals surface area contributed by atoms with Gasteiger partial charge in [-0.05, 0) is 82.2 Å². The van der Waals surface area contributed by atoms with E-state index in [-0.39, 0.29) is 11.7 Å². The van der Waals surface area contributed by atoms with Crippen molar-refractivity contribution in [2.45, 2.75) is 57.9 Å². The quantitative estimate of drug-likeness (QED) is 0.637. The fraction of sp³-hybridized carbons (Fsp3) is 0.731. The van der Waals surface area contributed by atoms with Gasteiger partial charge in [0, 0.05) is 57.5 Å². The Morgan fingerprint density at radius 2 is 1.78 bits per heavy atom. The van der Waals surface area contributed by atoms with Crippen LogP contribution in [0.2, 0.25) is 0 Å². The first-order valence-electron chi connectivity index (χ1n) is 12.7. The van der Waals surface area contributed by atoms with Gasteiger partial charge < -0.3 is 14.5 Å². The first-order chi connectivity index (χ1) is 15.6. The van der Waals surface area contributed by atoms with Gasteiger partial charge in [0.25, 0.3) is 5.91 Å². The van der Waals surface area contributed by atoms with E-state index in [1.165, 1.54) is 45.0 Å². The molecule has 5 nitrogen and oxygen atoms in total. The van der Waals surface area contributed by atoms with Gasteiger partial charge in [-0.2, -0.15) is 0 Å². The van der Waals surface area contributed by atoms with Crippen molar-refractivity contribution in [3.05, 3.63) is 35.1 Å². The highest BCUT2D eigenvalue weighted by molar-refractivity contribution is 5.94. The number of hydrogen-bond donors (Lipinski definition) is 0. The predicted octanol–water partition coefficient (Wildman–Crippen LogP) is 3.95. The molecule has 178 valence electrons. The maximum atomic E-state index is 13.9. The lowest BCUT2D eigenvalue weighted by molar-refractivity contribution is 0.0185. The summed E-state index contributed by atoms with van der Waals surface area (Å²) in [6.45, 7) is 11.0. The molecule has 32 heavy (non-hydrogen) atoms. The third-order valence-electron chi connectivity index (χ3n) is 7.67. The van der Waals surface area contributed by atoms with Crippen molar-refractivity contribution in [3.63, 3.8) is 0 Å². The van der Waals surface area contributed by atoms with Crippen molar-refractivity contribution in [2.75, 3.05) is 59.0 Å². The topological polar surface area (TPSA) is 36.0 Å². The molecule has 0 bridgehead atoms. The van der Waals surface area contributed by atoms with Gasteiger partial charge in [0.2, 0.25) is 0 Å². The van der Waals surface area contributed by atoms with E-state index in [0.29, 0.717) is 23.1 Å². The Bertz CT molecular complexity index is 739. The van der Waals surface area contributed by atoms with E-state index >= 15 is 0 Å². The monoisotopic (exact) mass is 445 g/mol. The molecule has 1 amide bonds.